The fraction of sp³-hybridized carbons (Fsp3) is 0.462. The van der Waals surface area contributed by atoms with Crippen LogP contribution in [-0.2, 0) is 90.5 Å². The summed E-state index contributed by atoms with van der Waals surface area (Å²) in [6.07, 6.45) is 20.4. The van der Waals surface area contributed by atoms with E-state index in [-0.39, 0.29) is 51.2 Å². The zero-order chi connectivity index (χ0) is 61.5. The molecule has 6 aromatic carbocycles. The molecule has 2 aliphatic rings. The van der Waals surface area contributed by atoms with E-state index in [1.807, 2.05) is 0 Å². The normalized spacial score (nSPS) is 18.3. The van der Waals surface area contributed by atoms with Gasteiger partial charge in [-0.15, -0.1) is 0 Å². The van der Waals surface area contributed by atoms with Crippen LogP contribution >= 0.6 is 0 Å². The van der Waals surface area contributed by atoms with E-state index in [1.54, 1.807) is 0 Å². The van der Waals surface area contributed by atoms with Gasteiger partial charge in [-0.3, -0.25) is 0 Å². The maximum Gasteiger partial charge on any atom is 0.113 e. The Balaban J connectivity index is 0.000000197. The van der Waals surface area contributed by atoms with Gasteiger partial charge in [0, 0.05) is 126 Å². The molecule has 3 radical (unpaired) electrons. The monoisotopic (exact) mass is 1390 g/mol. The van der Waals surface area contributed by atoms with Crippen molar-refractivity contribution in [1.29, 1.82) is 0 Å². The van der Waals surface area contributed by atoms with Crippen LogP contribution in [0.2, 0.25) is 0 Å². The Morgan fingerprint density at radius 1 is 0.237 bits per heavy atom. The number of hydrogen-bond acceptors (Lipinski definition) is 6. The van der Waals surface area contributed by atoms with Crippen molar-refractivity contribution in [3.63, 3.8) is 0 Å². The van der Waals surface area contributed by atoms with Gasteiger partial charge in [0.15, 0.2) is 0 Å². The zero-order valence-electron chi connectivity index (χ0n) is 55.6. The van der Waals surface area contributed by atoms with Crippen molar-refractivity contribution >= 4 is 66.2 Å². The number of rotatable bonds is 24. The Hall–Kier alpha value is -6.30. The van der Waals surface area contributed by atoms with Crippen molar-refractivity contribution in [2.75, 3.05) is 0 Å². The van der Waals surface area contributed by atoms with E-state index in [4.69, 9.17) is 29.9 Å². The maximum absolute atomic E-state index is 5.38. The average Bonchev–Trinajstić information content (AvgIpc) is 1.64. The van der Waals surface area contributed by atoms with Crippen molar-refractivity contribution in [3.05, 3.63) is 181 Å². The van der Waals surface area contributed by atoms with Gasteiger partial charge >= 0.3 is 0 Å². The molecule has 0 N–H and O–H groups in total. The first kappa shape index (κ1) is 69.5. The van der Waals surface area contributed by atoms with Gasteiger partial charge in [-0.05, 0) is 150 Å². The summed E-state index contributed by atoms with van der Waals surface area (Å²) < 4.78 is 15.3. The topological polar surface area (TPSA) is 107 Å². The van der Waals surface area contributed by atoms with Crippen LogP contribution in [0.15, 0.2) is 146 Å². The molecule has 12 aromatic rings. The van der Waals surface area contributed by atoms with Crippen molar-refractivity contribution in [3.8, 4) is 0 Å². The largest absolute Gasteiger partial charge is 0.328 e. The van der Waals surface area contributed by atoms with Gasteiger partial charge in [-0.25, -0.2) is 29.9 Å². The van der Waals surface area contributed by atoms with Crippen LogP contribution in [-0.4, -0.2) is 57.3 Å². The summed E-state index contributed by atoms with van der Waals surface area (Å²) in [5.74, 6) is 9.52. The number of fused-ring (bicyclic) bond motifs is 6. The minimum atomic E-state index is 0. The van der Waals surface area contributed by atoms with Gasteiger partial charge in [-0.1, -0.05) is 153 Å². The molecule has 0 atom stereocenters. The van der Waals surface area contributed by atoms with Crippen LogP contribution in [0.4, 0.5) is 0 Å². The van der Waals surface area contributed by atoms with Crippen LogP contribution in [0, 0.1) is 0 Å². The third-order valence-electron chi connectivity index (χ3n) is 20.1. The first-order valence-corrected chi connectivity index (χ1v) is 35.1. The molecule has 14 rings (SSSR count). The molecule has 0 spiro atoms. The van der Waals surface area contributed by atoms with Crippen molar-refractivity contribution in [2.45, 2.75) is 232 Å². The van der Waals surface area contributed by atoms with Crippen LogP contribution in [0.25, 0.3) is 66.2 Å². The Morgan fingerprint density at radius 3 is 0.516 bits per heavy atom. The summed E-state index contributed by atoms with van der Waals surface area (Å²) >= 11 is 0. The van der Waals surface area contributed by atoms with E-state index in [9.17, 15) is 0 Å². The summed E-state index contributed by atoms with van der Waals surface area (Å²) in [5, 5.41) is 0. The quantitative estimate of drug-likeness (QED) is 0.0558. The summed E-state index contributed by atoms with van der Waals surface area (Å²) in [4.78, 5) is 32.3. The number of aromatic nitrogens is 12. The number of nitrogens with zero attached hydrogens (tertiary/aromatic N) is 12. The van der Waals surface area contributed by atoms with Gasteiger partial charge < -0.3 is 27.4 Å². The third-order valence-corrected chi connectivity index (χ3v) is 20.1. The molecule has 0 bridgehead atoms. The van der Waals surface area contributed by atoms with Gasteiger partial charge in [0.1, 0.15) is 34.9 Å². The molecular weight excluding hydrogens is 1300 g/mol. The molecule has 15 heteroatoms. The van der Waals surface area contributed by atoms with E-state index in [0.717, 1.165) is 149 Å². The second-order valence-corrected chi connectivity index (χ2v) is 26.4. The molecule has 0 saturated heterocycles. The Morgan fingerprint density at radius 2 is 0.376 bits per heavy atom. The molecule has 2 aliphatic carbocycles. The van der Waals surface area contributed by atoms with E-state index in [2.05, 4.69) is 215 Å². The summed E-state index contributed by atoms with van der Waals surface area (Å²) in [7, 11) is 0. The first-order chi connectivity index (χ1) is 44.4. The molecule has 12 nitrogen and oxygen atoms in total. The Bertz CT molecular complexity index is 3630. The third kappa shape index (κ3) is 14.5. The number of aryl methyl sites for hydroxylation is 6. The minimum absolute atomic E-state index is 0. The molecule has 6 aromatic heterocycles. The Kier molecular flexibility index (Phi) is 24.2. The summed E-state index contributed by atoms with van der Waals surface area (Å²) in [6.45, 7) is 19.8. The maximum atomic E-state index is 5.38. The van der Waals surface area contributed by atoms with E-state index in [1.165, 1.54) is 107 Å². The van der Waals surface area contributed by atoms with Crippen molar-refractivity contribution < 1.29 is 51.2 Å². The molecule has 0 unspecified atom stereocenters. The van der Waals surface area contributed by atoms with Gasteiger partial charge in [0.25, 0.3) is 0 Å². The fourth-order valence-electron chi connectivity index (χ4n) is 15.6. The second kappa shape index (κ2) is 32.4. The van der Waals surface area contributed by atoms with E-state index < -0.39 is 0 Å². The van der Waals surface area contributed by atoms with Crippen molar-refractivity contribution in [2.24, 2.45) is 0 Å². The summed E-state index contributed by atoms with van der Waals surface area (Å²) in [5.41, 5.74) is 14.3. The standard InChI is InChI=1S/2C39H48N6.3Cu/c2*1-4-7-22-43-34-19-13-10-16-31(34)40-37(43)28-25-29(38-41-32-17-11-14-20-35(32)44(38)23-8-5-2)27-30(26-28)39-42-33-18-12-15-21-36(33)45(39)24-9-6-3;;;/h2*10-21,28-30H,4-9,22-27H2,1-3H3;;;. The molecule has 501 valence electrons. The first-order valence-electron chi connectivity index (χ1n) is 35.1. The summed E-state index contributed by atoms with van der Waals surface area (Å²) in [6, 6.07) is 52.4. The molecular formula is C78H96Cu3N12. The molecule has 0 aliphatic heterocycles. The minimum Gasteiger partial charge on any atom is -0.328 e. The molecule has 2 fully saturated rings. The molecule has 0 amide bonds. The van der Waals surface area contributed by atoms with Gasteiger partial charge in [-0.2, -0.15) is 0 Å². The van der Waals surface area contributed by atoms with E-state index >= 15 is 0 Å². The molecule has 6 heterocycles. The molecule has 93 heavy (non-hydrogen) atoms. The average molecular weight is 1390 g/mol. The fourth-order valence-corrected chi connectivity index (χ4v) is 15.6. The number of unbranched alkanes of at least 4 members (excludes halogenated alkanes) is 6. The number of para-hydroxylation sites is 12. The van der Waals surface area contributed by atoms with Gasteiger partial charge in [0.05, 0.1) is 66.2 Å². The van der Waals surface area contributed by atoms with Crippen molar-refractivity contribution in [1.82, 2.24) is 57.3 Å². The number of hydrogen-bond donors (Lipinski definition) is 0. The van der Waals surface area contributed by atoms with Crippen LogP contribution in [0.5, 0.6) is 0 Å². The predicted octanol–water partition coefficient (Wildman–Crippen LogP) is 19.9. The van der Waals surface area contributed by atoms with Crippen LogP contribution in [0.3, 0.4) is 0 Å². The molecule has 2 saturated carbocycles. The Labute approximate surface area is 583 Å². The number of imidazole rings is 6. The number of benzene rings is 6. The smallest absolute Gasteiger partial charge is 0.113 e. The zero-order valence-corrected chi connectivity index (χ0v) is 58.4. The van der Waals surface area contributed by atoms with Gasteiger partial charge in [0.2, 0.25) is 0 Å². The second-order valence-electron chi connectivity index (χ2n) is 26.4. The SMILES string of the molecule is CCCCn1c(C2CC(c3nc4ccccc4n3CCCC)CC(c3nc4ccccc4n3CCCC)C2)nc2ccccc21.CCCCn1c(C2CC(c3nc4ccccc4n3CCCC)CC(c3nc4ccccc4n3CCCC)C2)nc2ccccc21.[Cu].[Cu].[Cu]. The predicted molar refractivity (Wildman–Crippen MR) is 372 cm³/mol. The van der Waals surface area contributed by atoms with E-state index in [0.29, 0.717) is 35.5 Å². The van der Waals surface area contributed by atoms with Crippen LogP contribution in [0.1, 0.15) is 228 Å². The van der Waals surface area contributed by atoms with Crippen LogP contribution < -0.4 is 0 Å².